The van der Waals surface area contributed by atoms with Crippen molar-refractivity contribution in [1.29, 1.82) is 0 Å². The van der Waals surface area contributed by atoms with Gasteiger partial charge in [0.1, 0.15) is 22.8 Å². The lowest BCUT2D eigenvalue weighted by molar-refractivity contribution is 0.414. The molecular formula is C30H22O3. The molecule has 3 heteroatoms. The van der Waals surface area contributed by atoms with Crippen molar-refractivity contribution in [3.8, 4) is 33.9 Å². The number of hydrogen-bond donors (Lipinski definition) is 0. The summed E-state index contributed by atoms with van der Waals surface area (Å²) in [4.78, 5) is 0. The van der Waals surface area contributed by atoms with Gasteiger partial charge < -0.3 is 13.9 Å². The minimum absolute atomic E-state index is 0.816. The summed E-state index contributed by atoms with van der Waals surface area (Å²) in [5.74, 6) is 2.49. The van der Waals surface area contributed by atoms with Crippen molar-refractivity contribution in [2.45, 2.75) is 0 Å². The molecule has 1 heterocycles. The summed E-state index contributed by atoms with van der Waals surface area (Å²) in [6, 6.07) is 33.2. The van der Waals surface area contributed by atoms with Crippen molar-refractivity contribution in [3.63, 3.8) is 0 Å². The Morgan fingerprint density at radius 1 is 0.515 bits per heavy atom. The van der Waals surface area contributed by atoms with Crippen LogP contribution in [-0.2, 0) is 0 Å². The Morgan fingerprint density at radius 3 is 1.58 bits per heavy atom. The predicted molar refractivity (Wildman–Crippen MR) is 135 cm³/mol. The fraction of sp³-hybridized carbons (Fsp3) is 0.0667. The quantitative estimate of drug-likeness (QED) is 0.265. The van der Waals surface area contributed by atoms with Gasteiger partial charge in [-0.1, -0.05) is 60.7 Å². The number of hydrogen-bond acceptors (Lipinski definition) is 3. The molecule has 160 valence electrons. The van der Waals surface area contributed by atoms with Gasteiger partial charge in [0.05, 0.1) is 14.2 Å². The molecule has 0 saturated carbocycles. The molecule has 0 unspecified atom stereocenters. The molecule has 0 aliphatic carbocycles. The first-order valence-electron chi connectivity index (χ1n) is 10.9. The maximum absolute atomic E-state index is 6.72. The third-order valence-electron chi connectivity index (χ3n) is 6.30. The van der Waals surface area contributed by atoms with E-state index in [0.717, 1.165) is 50.3 Å². The highest BCUT2D eigenvalue weighted by Crippen LogP contribution is 2.47. The van der Waals surface area contributed by atoms with Crippen molar-refractivity contribution in [3.05, 3.63) is 97.1 Å². The number of rotatable bonds is 4. The van der Waals surface area contributed by atoms with Crippen LogP contribution in [0, 0.1) is 0 Å². The summed E-state index contributed by atoms with van der Waals surface area (Å²) in [7, 11) is 3.36. The van der Waals surface area contributed by atoms with E-state index in [4.69, 9.17) is 13.9 Å². The monoisotopic (exact) mass is 430 g/mol. The molecule has 0 radical (unpaired) electrons. The zero-order chi connectivity index (χ0) is 22.4. The van der Waals surface area contributed by atoms with Gasteiger partial charge in [0.25, 0.3) is 0 Å². The molecule has 0 amide bonds. The van der Waals surface area contributed by atoms with E-state index in [1.165, 1.54) is 16.2 Å². The zero-order valence-electron chi connectivity index (χ0n) is 18.5. The van der Waals surface area contributed by atoms with Crippen LogP contribution in [0.1, 0.15) is 0 Å². The van der Waals surface area contributed by atoms with Crippen molar-refractivity contribution in [1.82, 2.24) is 0 Å². The largest absolute Gasteiger partial charge is 0.497 e. The minimum Gasteiger partial charge on any atom is -0.497 e. The summed E-state index contributed by atoms with van der Waals surface area (Å²) in [6.07, 6.45) is 0. The zero-order valence-corrected chi connectivity index (χ0v) is 18.5. The van der Waals surface area contributed by atoms with E-state index in [0.29, 0.717) is 0 Å². The van der Waals surface area contributed by atoms with Crippen LogP contribution in [0.25, 0.3) is 55.0 Å². The SMILES string of the molecule is COc1ccc(-c2oc3c4ccccc4c4ccccc4c3c2-c2ccc(OC)cc2)cc1. The van der Waals surface area contributed by atoms with Gasteiger partial charge in [0.15, 0.2) is 0 Å². The lowest BCUT2D eigenvalue weighted by atomic mass is 9.92. The Kier molecular flexibility index (Phi) is 4.55. The average Bonchev–Trinajstić information content (AvgIpc) is 3.30. The van der Waals surface area contributed by atoms with Crippen LogP contribution in [-0.4, -0.2) is 14.2 Å². The van der Waals surface area contributed by atoms with Gasteiger partial charge in [-0.05, 0) is 58.1 Å². The van der Waals surface area contributed by atoms with Crippen molar-refractivity contribution in [2.75, 3.05) is 14.2 Å². The standard InChI is InChI=1S/C30H22O3/c1-31-21-15-11-19(12-16-21)27-28-25-9-5-3-7-23(25)24-8-4-6-10-26(24)30(28)33-29(27)20-13-17-22(32-2)18-14-20/h3-18H,1-2H3. The molecule has 0 aliphatic heterocycles. The summed E-state index contributed by atoms with van der Waals surface area (Å²) >= 11 is 0. The fourth-order valence-electron chi connectivity index (χ4n) is 4.71. The molecule has 5 aromatic carbocycles. The lowest BCUT2D eigenvalue weighted by Gasteiger charge is -2.09. The van der Waals surface area contributed by atoms with Gasteiger partial charge in [-0.3, -0.25) is 0 Å². The smallest absolute Gasteiger partial charge is 0.143 e. The topological polar surface area (TPSA) is 31.6 Å². The second kappa shape index (κ2) is 7.72. The molecule has 0 spiro atoms. The molecule has 0 fully saturated rings. The first-order chi connectivity index (χ1) is 16.3. The van der Waals surface area contributed by atoms with Gasteiger partial charge in [0, 0.05) is 21.9 Å². The van der Waals surface area contributed by atoms with E-state index in [1.54, 1.807) is 14.2 Å². The third-order valence-corrected chi connectivity index (χ3v) is 6.30. The Morgan fingerprint density at radius 2 is 1.00 bits per heavy atom. The molecule has 6 rings (SSSR count). The molecule has 33 heavy (non-hydrogen) atoms. The van der Waals surface area contributed by atoms with E-state index in [1.807, 2.05) is 36.4 Å². The Balaban J connectivity index is 1.78. The number of fused-ring (bicyclic) bond motifs is 6. The Labute approximate surface area is 191 Å². The third kappa shape index (κ3) is 3.05. The summed E-state index contributed by atoms with van der Waals surface area (Å²) in [5, 5.41) is 5.83. The number of ether oxygens (including phenoxy) is 2. The van der Waals surface area contributed by atoms with Crippen LogP contribution in [0.2, 0.25) is 0 Å². The first-order valence-corrected chi connectivity index (χ1v) is 10.9. The second-order valence-corrected chi connectivity index (χ2v) is 8.06. The fourth-order valence-corrected chi connectivity index (χ4v) is 4.71. The van der Waals surface area contributed by atoms with Crippen LogP contribution >= 0.6 is 0 Å². The molecule has 0 N–H and O–H groups in total. The van der Waals surface area contributed by atoms with Crippen molar-refractivity contribution >= 4 is 32.5 Å². The lowest BCUT2D eigenvalue weighted by Crippen LogP contribution is -1.86. The van der Waals surface area contributed by atoms with Gasteiger partial charge >= 0.3 is 0 Å². The van der Waals surface area contributed by atoms with Gasteiger partial charge in [-0.15, -0.1) is 0 Å². The minimum atomic E-state index is 0.816. The molecule has 0 bridgehead atoms. The van der Waals surface area contributed by atoms with E-state index >= 15 is 0 Å². The highest BCUT2D eigenvalue weighted by molar-refractivity contribution is 6.28. The number of benzene rings is 5. The molecule has 0 atom stereocenters. The molecule has 3 nitrogen and oxygen atoms in total. The maximum Gasteiger partial charge on any atom is 0.143 e. The highest BCUT2D eigenvalue weighted by Gasteiger charge is 2.22. The average molecular weight is 431 g/mol. The summed E-state index contributed by atoms with van der Waals surface area (Å²) in [6.45, 7) is 0. The normalized spacial score (nSPS) is 11.3. The van der Waals surface area contributed by atoms with Gasteiger partial charge in [-0.25, -0.2) is 0 Å². The van der Waals surface area contributed by atoms with Crippen molar-refractivity contribution < 1.29 is 13.9 Å². The van der Waals surface area contributed by atoms with Gasteiger partial charge in [0.2, 0.25) is 0 Å². The van der Waals surface area contributed by atoms with Crippen LogP contribution in [0.5, 0.6) is 11.5 Å². The van der Waals surface area contributed by atoms with E-state index in [2.05, 4.69) is 60.7 Å². The number of methoxy groups -OCH3 is 2. The molecule has 1 aromatic heterocycles. The highest BCUT2D eigenvalue weighted by atomic mass is 16.5. The summed E-state index contributed by atoms with van der Waals surface area (Å²) < 4.78 is 17.5. The van der Waals surface area contributed by atoms with Gasteiger partial charge in [-0.2, -0.15) is 0 Å². The molecular weight excluding hydrogens is 408 g/mol. The van der Waals surface area contributed by atoms with E-state index in [9.17, 15) is 0 Å². The Hall–Kier alpha value is -4.24. The van der Waals surface area contributed by atoms with Crippen LogP contribution in [0.4, 0.5) is 0 Å². The van der Waals surface area contributed by atoms with Crippen molar-refractivity contribution in [2.24, 2.45) is 0 Å². The molecule has 0 saturated heterocycles. The van der Waals surface area contributed by atoms with E-state index < -0.39 is 0 Å². The second-order valence-electron chi connectivity index (χ2n) is 8.06. The molecule has 0 aliphatic rings. The Bertz CT molecular complexity index is 1610. The first kappa shape index (κ1) is 19.4. The van der Waals surface area contributed by atoms with Crippen LogP contribution in [0.3, 0.4) is 0 Å². The number of furan rings is 1. The van der Waals surface area contributed by atoms with E-state index in [-0.39, 0.29) is 0 Å². The van der Waals surface area contributed by atoms with Crippen LogP contribution in [0.15, 0.2) is 101 Å². The summed E-state index contributed by atoms with van der Waals surface area (Å²) in [5.41, 5.74) is 4.08. The predicted octanol–water partition coefficient (Wildman–Crippen LogP) is 8.09. The maximum atomic E-state index is 6.72. The van der Waals surface area contributed by atoms with Crippen LogP contribution < -0.4 is 9.47 Å². The molecule has 6 aromatic rings.